The minimum absolute atomic E-state index is 0.0186. The summed E-state index contributed by atoms with van der Waals surface area (Å²) in [7, 11) is 0. The quantitative estimate of drug-likeness (QED) is 0.515. The standard InChI is InChI=1S/C18H13BrClN3S2/c19-11-9-15(25-10-11)17-16(14-3-1-2-8-21-14)22-18(24)23(17)13-6-4-12(20)5-7-13/h1-10,16-17H,(H,22,24)/t16-,17-/m1/s1. The van der Waals surface area contributed by atoms with Crippen molar-refractivity contribution in [3.05, 3.63) is 80.2 Å². The SMILES string of the molecule is S=C1N[C@H](c2ccccn2)[C@@H](c2cc(Br)cs2)N1c1ccc(Cl)cc1. The van der Waals surface area contributed by atoms with Crippen LogP contribution in [0, 0.1) is 0 Å². The molecule has 3 nitrogen and oxygen atoms in total. The highest BCUT2D eigenvalue weighted by Gasteiger charge is 2.41. The second-order valence-electron chi connectivity index (χ2n) is 5.64. The summed E-state index contributed by atoms with van der Waals surface area (Å²) in [5.41, 5.74) is 1.98. The first-order valence-corrected chi connectivity index (χ1v) is 10.1. The van der Waals surface area contributed by atoms with E-state index in [1.807, 2.05) is 48.7 Å². The van der Waals surface area contributed by atoms with Crippen molar-refractivity contribution in [3.8, 4) is 0 Å². The molecule has 1 fully saturated rings. The van der Waals surface area contributed by atoms with Crippen molar-refractivity contribution in [2.24, 2.45) is 0 Å². The Morgan fingerprint density at radius 3 is 2.64 bits per heavy atom. The Bertz CT molecular complexity index is 898. The average Bonchev–Trinajstić information content (AvgIpc) is 3.20. The van der Waals surface area contributed by atoms with Crippen LogP contribution in [0.1, 0.15) is 22.7 Å². The number of hydrogen-bond donors (Lipinski definition) is 1. The van der Waals surface area contributed by atoms with Crippen LogP contribution in [0.3, 0.4) is 0 Å². The van der Waals surface area contributed by atoms with Gasteiger partial charge in [-0.05, 0) is 70.6 Å². The Labute approximate surface area is 168 Å². The van der Waals surface area contributed by atoms with Crippen LogP contribution in [-0.4, -0.2) is 10.1 Å². The molecule has 1 aliphatic rings. The molecule has 0 radical (unpaired) electrons. The number of rotatable bonds is 3. The van der Waals surface area contributed by atoms with Gasteiger partial charge in [-0.1, -0.05) is 17.7 Å². The third-order valence-electron chi connectivity index (χ3n) is 4.08. The van der Waals surface area contributed by atoms with E-state index in [-0.39, 0.29) is 12.1 Å². The van der Waals surface area contributed by atoms with Crippen molar-refractivity contribution in [2.45, 2.75) is 12.1 Å². The van der Waals surface area contributed by atoms with E-state index in [1.165, 1.54) is 4.88 Å². The van der Waals surface area contributed by atoms with Crippen molar-refractivity contribution in [3.63, 3.8) is 0 Å². The highest BCUT2D eigenvalue weighted by Crippen LogP contribution is 2.44. The van der Waals surface area contributed by atoms with Gasteiger partial charge in [0.05, 0.1) is 17.8 Å². The molecule has 1 aliphatic heterocycles. The predicted octanol–water partition coefficient (Wildman–Crippen LogP) is 5.74. The molecule has 1 N–H and O–H groups in total. The van der Waals surface area contributed by atoms with Crippen LogP contribution in [0.5, 0.6) is 0 Å². The van der Waals surface area contributed by atoms with E-state index in [2.05, 4.69) is 42.6 Å². The zero-order chi connectivity index (χ0) is 17.4. The Hall–Kier alpha value is -1.47. The monoisotopic (exact) mass is 449 g/mol. The Morgan fingerprint density at radius 2 is 2.00 bits per heavy atom. The number of hydrogen-bond acceptors (Lipinski definition) is 3. The van der Waals surface area contributed by atoms with E-state index in [0.29, 0.717) is 10.1 Å². The van der Waals surface area contributed by atoms with Gasteiger partial charge in [0, 0.05) is 31.6 Å². The summed E-state index contributed by atoms with van der Waals surface area (Å²) < 4.78 is 1.07. The molecule has 4 rings (SSSR count). The number of aromatic nitrogens is 1. The molecule has 7 heteroatoms. The van der Waals surface area contributed by atoms with E-state index in [4.69, 9.17) is 23.8 Å². The number of anilines is 1. The smallest absolute Gasteiger partial charge is 0.174 e. The van der Waals surface area contributed by atoms with Gasteiger partial charge in [-0.2, -0.15) is 0 Å². The van der Waals surface area contributed by atoms with Gasteiger partial charge in [0.2, 0.25) is 0 Å². The van der Waals surface area contributed by atoms with Crippen molar-refractivity contribution in [1.82, 2.24) is 10.3 Å². The molecular formula is C18H13BrClN3S2. The van der Waals surface area contributed by atoms with Crippen LogP contribution in [0.25, 0.3) is 0 Å². The topological polar surface area (TPSA) is 28.2 Å². The van der Waals surface area contributed by atoms with Gasteiger partial charge in [-0.3, -0.25) is 4.98 Å². The highest BCUT2D eigenvalue weighted by molar-refractivity contribution is 9.10. The lowest BCUT2D eigenvalue weighted by Crippen LogP contribution is -2.28. The molecule has 0 bridgehead atoms. The maximum Gasteiger partial charge on any atom is 0.174 e. The second-order valence-corrected chi connectivity index (χ2v) is 8.32. The number of benzene rings is 1. The maximum atomic E-state index is 6.05. The molecule has 1 saturated heterocycles. The van der Waals surface area contributed by atoms with E-state index < -0.39 is 0 Å². The van der Waals surface area contributed by atoms with Gasteiger partial charge in [-0.15, -0.1) is 11.3 Å². The molecule has 0 aliphatic carbocycles. The van der Waals surface area contributed by atoms with E-state index in [0.717, 1.165) is 15.9 Å². The first kappa shape index (κ1) is 17.0. The molecule has 0 saturated carbocycles. The predicted molar refractivity (Wildman–Crippen MR) is 111 cm³/mol. The number of nitrogens with zero attached hydrogens (tertiary/aromatic N) is 2. The fourth-order valence-electron chi connectivity index (χ4n) is 3.01. The van der Waals surface area contributed by atoms with Crippen LogP contribution in [-0.2, 0) is 0 Å². The molecule has 2 atom stereocenters. The zero-order valence-corrected chi connectivity index (χ0v) is 16.9. The number of nitrogens with one attached hydrogen (secondary N) is 1. The molecule has 0 spiro atoms. The Morgan fingerprint density at radius 1 is 1.20 bits per heavy atom. The molecule has 25 heavy (non-hydrogen) atoms. The summed E-state index contributed by atoms with van der Waals surface area (Å²) in [5.74, 6) is 0. The first-order valence-electron chi connectivity index (χ1n) is 7.63. The third-order valence-corrected chi connectivity index (χ3v) is 6.41. The number of pyridine rings is 1. The van der Waals surface area contributed by atoms with Crippen molar-refractivity contribution < 1.29 is 0 Å². The number of thiophene rings is 1. The average molecular weight is 451 g/mol. The molecule has 0 amide bonds. The van der Waals surface area contributed by atoms with Crippen molar-refractivity contribution in [2.75, 3.05) is 4.90 Å². The van der Waals surface area contributed by atoms with Crippen molar-refractivity contribution >= 4 is 61.9 Å². The molecule has 0 unspecified atom stereocenters. The minimum Gasteiger partial charge on any atom is -0.351 e. The Kier molecular flexibility index (Phi) is 4.78. The lowest BCUT2D eigenvalue weighted by Gasteiger charge is -2.26. The molecule has 1 aromatic carbocycles. The fourth-order valence-corrected chi connectivity index (χ4v) is 5.05. The molecule has 3 aromatic rings. The third kappa shape index (κ3) is 3.31. The fraction of sp³-hybridized carbons (Fsp3) is 0.111. The van der Waals surface area contributed by atoms with Crippen LogP contribution in [0.2, 0.25) is 5.02 Å². The first-order chi connectivity index (χ1) is 12.1. The van der Waals surface area contributed by atoms with Gasteiger partial charge in [0.1, 0.15) is 0 Å². The summed E-state index contributed by atoms with van der Waals surface area (Å²) in [5, 5.41) is 6.93. The van der Waals surface area contributed by atoms with Gasteiger partial charge < -0.3 is 10.2 Å². The van der Waals surface area contributed by atoms with Crippen molar-refractivity contribution in [1.29, 1.82) is 0 Å². The Balaban J connectivity index is 1.81. The zero-order valence-electron chi connectivity index (χ0n) is 12.9. The van der Waals surface area contributed by atoms with E-state index in [9.17, 15) is 0 Å². The van der Waals surface area contributed by atoms with Crippen LogP contribution in [0.4, 0.5) is 5.69 Å². The van der Waals surface area contributed by atoms with Crippen LogP contribution < -0.4 is 10.2 Å². The van der Waals surface area contributed by atoms with Gasteiger partial charge in [0.25, 0.3) is 0 Å². The van der Waals surface area contributed by atoms with Gasteiger partial charge in [0.15, 0.2) is 5.11 Å². The maximum absolute atomic E-state index is 6.05. The van der Waals surface area contributed by atoms with Crippen LogP contribution in [0.15, 0.2) is 64.6 Å². The molecule has 2 aromatic heterocycles. The largest absolute Gasteiger partial charge is 0.351 e. The van der Waals surface area contributed by atoms with Crippen LogP contribution >= 0.6 is 51.1 Å². The minimum atomic E-state index is -0.0186. The lowest BCUT2D eigenvalue weighted by molar-refractivity contribution is 0.575. The molecular weight excluding hydrogens is 438 g/mol. The second kappa shape index (κ2) is 7.03. The summed E-state index contributed by atoms with van der Waals surface area (Å²) in [6, 6.07) is 15.9. The van der Waals surface area contributed by atoms with E-state index >= 15 is 0 Å². The summed E-state index contributed by atoms with van der Waals surface area (Å²) in [6.45, 7) is 0. The normalized spacial score (nSPS) is 19.9. The lowest BCUT2D eigenvalue weighted by atomic mass is 10.0. The summed E-state index contributed by atoms with van der Waals surface area (Å²) in [4.78, 5) is 7.90. The number of thiocarbonyl (C=S) groups is 1. The molecule has 126 valence electrons. The number of halogens is 2. The summed E-state index contributed by atoms with van der Waals surface area (Å²) in [6.07, 6.45) is 1.81. The molecule has 3 heterocycles. The van der Waals surface area contributed by atoms with Gasteiger partial charge in [-0.25, -0.2) is 0 Å². The highest BCUT2D eigenvalue weighted by atomic mass is 79.9. The van der Waals surface area contributed by atoms with E-state index in [1.54, 1.807) is 11.3 Å². The summed E-state index contributed by atoms with van der Waals surface area (Å²) >= 11 is 17.0. The van der Waals surface area contributed by atoms with Gasteiger partial charge >= 0.3 is 0 Å².